The van der Waals surface area contributed by atoms with Crippen molar-refractivity contribution in [1.82, 2.24) is 9.62 Å². The number of halogens is 1. The highest BCUT2D eigenvalue weighted by atomic mass is 35.5. The van der Waals surface area contributed by atoms with Crippen LogP contribution in [0.15, 0.2) is 59.1 Å². The van der Waals surface area contributed by atoms with Crippen molar-refractivity contribution in [2.75, 3.05) is 32.8 Å². The van der Waals surface area contributed by atoms with E-state index < -0.39 is 108 Å². The number of benzene rings is 2. The average molecular weight is 914 g/mol. The summed E-state index contributed by atoms with van der Waals surface area (Å²) in [5.41, 5.74) is 27.6. The summed E-state index contributed by atoms with van der Waals surface area (Å²) in [7, 11) is -3.60. The molecule has 3 fully saturated rings. The number of nitrogens with two attached hydrogens (primary N) is 4. The molecule has 2 saturated heterocycles. The zero-order valence-electron chi connectivity index (χ0n) is 34.2. The molecule has 0 spiro atoms. The maximum atomic E-state index is 12.6. The van der Waals surface area contributed by atoms with E-state index in [-0.39, 0.29) is 17.9 Å². The average Bonchev–Trinajstić information content (AvgIpc) is 3.49. The fourth-order valence-electron chi connectivity index (χ4n) is 8.32. The van der Waals surface area contributed by atoms with Gasteiger partial charge >= 0.3 is 0 Å². The number of aliphatic hydroxyl groups excluding tert-OH is 7. The zero-order valence-corrected chi connectivity index (χ0v) is 35.8. The minimum atomic E-state index is -3.60. The Labute approximate surface area is 365 Å². The molecule has 16 N–H and O–H groups in total. The highest BCUT2D eigenvalue weighted by Gasteiger charge is 2.51. The molecule has 1 saturated carbocycles. The van der Waals surface area contributed by atoms with Gasteiger partial charge in [0.15, 0.2) is 12.6 Å². The van der Waals surface area contributed by atoms with Gasteiger partial charge in [-0.1, -0.05) is 48.0 Å². The molecule has 5 aliphatic rings. The molecule has 0 unspecified atom stereocenters. The second-order valence-electron chi connectivity index (χ2n) is 16.2. The molecule has 0 bridgehead atoms. The maximum Gasteiger partial charge on any atom is 0.264 e. The number of nitrogens with zero attached hydrogens (tertiary/aromatic N) is 2. The van der Waals surface area contributed by atoms with Gasteiger partial charge in [0.25, 0.3) is 10.0 Å². The van der Waals surface area contributed by atoms with Crippen molar-refractivity contribution in [2.45, 2.75) is 124 Å². The van der Waals surface area contributed by atoms with Gasteiger partial charge in [0.2, 0.25) is 0 Å². The van der Waals surface area contributed by atoms with Crippen molar-refractivity contribution < 1.29 is 63.1 Å². The van der Waals surface area contributed by atoms with Gasteiger partial charge in [-0.25, -0.2) is 8.42 Å². The lowest BCUT2D eigenvalue weighted by Gasteiger charge is -2.48. The third kappa shape index (κ3) is 10.8. The molecule has 0 aromatic heterocycles. The van der Waals surface area contributed by atoms with Crippen molar-refractivity contribution in [1.29, 1.82) is 0 Å². The molecule has 0 amide bonds. The molecular weight excluding hydrogens is 854 g/mol. The Morgan fingerprint density at radius 1 is 0.839 bits per heavy atom. The van der Waals surface area contributed by atoms with E-state index in [4.69, 9.17) is 53.5 Å². The largest absolute Gasteiger partial charge is 0.394 e. The molecule has 20 nitrogen and oxygen atoms in total. The highest BCUT2D eigenvalue weighted by Crippen LogP contribution is 2.33. The van der Waals surface area contributed by atoms with Crippen LogP contribution < -0.4 is 27.7 Å². The van der Waals surface area contributed by atoms with Gasteiger partial charge in [-0.2, -0.15) is 0 Å². The summed E-state index contributed by atoms with van der Waals surface area (Å²) >= 11 is 5.92. The molecule has 2 aromatic carbocycles. The number of aliphatic imine (C=N–C) groups is 1. The van der Waals surface area contributed by atoms with E-state index in [9.17, 15) is 44.2 Å². The van der Waals surface area contributed by atoms with Crippen LogP contribution in [0.2, 0.25) is 5.02 Å². The summed E-state index contributed by atoms with van der Waals surface area (Å²) in [6.45, 7) is 4.59. The summed E-state index contributed by atoms with van der Waals surface area (Å²) in [6, 6.07) is 12.6. The number of hydrogen-bond acceptors (Lipinski definition) is 19. The first-order chi connectivity index (χ1) is 29.4. The predicted molar refractivity (Wildman–Crippen MR) is 226 cm³/mol. The quantitative estimate of drug-likeness (QED) is 0.0976. The first kappa shape index (κ1) is 48.7. The van der Waals surface area contributed by atoms with Gasteiger partial charge in [0.05, 0.1) is 12.6 Å². The molecule has 346 valence electrons. The summed E-state index contributed by atoms with van der Waals surface area (Å²) in [4.78, 5) is 7.25. The van der Waals surface area contributed by atoms with E-state index in [1.807, 2.05) is 0 Å². The monoisotopic (exact) mass is 913 g/mol. The fraction of sp³-hybridized carbons (Fsp3) is 0.625. The van der Waals surface area contributed by atoms with E-state index >= 15 is 0 Å². The lowest BCUT2D eigenvalue weighted by Crippen LogP contribution is -2.68. The van der Waals surface area contributed by atoms with Crippen LogP contribution in [0, 0.1) is 0 Å². The number of ether oxygens (including phenoxy) is 4. The molecule has 4 heterocycles. The van der Waals surface area contributed by atoms with Gasteiger partial charge in [0.1, 0.15) is 71.8 Å². The normalized spacial score (nSPS) is 38.0. The molecule has 2 aromatic rings. The number of nitrogens with one attached hydrogen (secondary N) is 1. The van der Waals surface area contributed by atoms with E-state index in [0.717, 1.165) is 32.5 Å². The van der Waals surface area contributed by atoms with E-state index in [1.54, 1.807) is 31.2 Å². The molecule has 0 radical (unpaired) electrons. The van der Waals surface area contributed by atoms with E-state index in [1.165, 1.54) is 11.1 Å². The highest BCUT2D eigenvalue weighted by molar-refractivity contribution is 8.00. The van der Waals surface area contributed by atoms with Gasteiger partial charge in [-0.15, -0.1) is 0 Å². The number of hydrogen-bond donors (Lipinski definition) is 12. The van der Waals surface area contributed by atoms with Crippen LogP contribution in [0.5, 0.6) is 0 Å². The van der Waals surface area contributed by atoms with Crippen LogP contribution in [0.25, 0.3) is 4.91 Å². The van der Waals surface area contributed by atoms with Gasteiger partial charge in [-0.3, -0.25) is 14.6 Å². The van der Waals surface area contributed by atoms with Crippen LogP contribution in [-0.4, -0.2) is 179 Å². The number of rotatable bonds is 11. The third-order valence-electron chi connectivity index (χ3n) is 11.9. The second-order valence-corrected chi connectivity index (χ2v) is 18.3. The molecule has 15 atom stereocenters. The van der Waals surface area contributed by atoms with Crippen molar-refractivity contribution in [2.24, 2.45) is 27.9 Å². The second kappa shape index (κ2) is 21.0. The summed E-state index contributed by atoms with van der Waals surface area (Å²) in [6.07, 6.45) is -14.5. The fourth-order valence-corrected chi connectivity index (χ4v) is 9.96. The molecule has 7 rings (SSSR count). The van der Waals surface area contributed by atoms with Crippen LogP contribution in [-0.2, 0) is 41.9 Å². The number of aliphatic hydroxyl groups is 7. The van der Waals surface area contributed by atoms with Gasteiger partial charge in [0, 0.05) is 55.4 Å². The predicted octanol–water partition coefficient (Wildman–Crippen LogP) is -3.44. The standard InChI is InChI=1S/C22H24ClN3O2S.C18H36N4O11/c1-16-21(18-7-9-20(23)10-8-18)29(27,28)25-22(16)24-12-4-13-26-14-11-17-5-2-3-6-19(17)15-26;19-2-6-10(25)12(27)13(28)18(30-6)33-16-5(21)1-4(20)15(14(16)29)32-17-11(26)8(22)9(24)7(3-23)31-17/h2-3,5-10H,4,11-15H2,1H3,(H,24,25);4-18,23-29H,1-3,19-22H2/t;4-,5+,6-,7-,8+,9-,10-,11-,12+,13-,14-,15+,16-,17-,18-/m.1/s1. The summed E-state index contributed by atoms with van der Waals surface area (Å²) in [5.74, 6) is 0.443. The van der Waals surface area contributed by atoms with E-state index in [0.29, 0.717) is 28.5 Å². The van der Waals surface area contributed by atoms with Crippen LogP contribution in [0.3, 0.4) is 0 Å². The topological polar surface area (TPSA) is 344 Å². The maximum absolute atomic E-state index is 12.6. The summed E-state index contributed by atoms with van der Waals surface area (Å²) in [5, 5.41) is 71.5. The molecule has 4 aliphatic heterocycles. The SMILES string of the molecule is CC1=C(c2ccc(Cl)cc2)S(=O)(=O)NC1=NCCCN1CCc2ccccc2C1.NC[C@H]1O[C@H](O[C@H]2[C@H](O)[C@@H](O[C@H]3O[C@H](CO)[C@@H](O)[C@H](N)[C@H]3O)[C@H](N)C[C@@H]2N)[C@H](O)[C@@H](O)[C@@H]1O. The van der Waals surface area contributed by atoms with Crippen molar-refractivity contribution in [3.8, 4) is 0 Å². The first-order valence-corrected chi connectivity index (χ1v) is 22.4. The molecule has 22 heteroatoms. The Bertz CT molecular complexity index is 1930. The van der Waals surface area contributed by atoms with E-state index in [2.05, 4.69) is 38.9 Å². The lowest BCUT2D eigenvalue weighted by molar-refractivity contribution is -0.332. The Morgan fingerprint density at radius 2 is 1.45 bits per heavy atom. The van der Waals surface area contributed by atoms with Crippen LogP contribution >= 0.6 is 11.6 Å². The van der Waals surface area contributed by atoms with Crippen molar-refractivity contribution in [3.05, 3.63) is 75.8 Å². The van der Waals surface area contributed by atoms with Crippen LogP contribution in [0.1, 0.15) is 36.5 Å². The number of amidine groups is 1. The summed E-state index contributed by atoms with van der Waals surface area (Å²) < 4.78 is 49.9. The Balaban J connectivity index is 0.000000208. The lowest BCUT2D eigenvalue weighted by atomic mass is 9.84. The van der Waals surface area contributed by atoms with Gasteiger partial charge < -0.3 is 77.6 Å². The Morgan fingerprint density at radius 3 is 2.08 bits per heavy atom. The Hall–Kier alpha value is -2.75. The third-order valence-corrected chi connectivity index (χ3v) is 13.7. The number of sulfonamides is 1. The first-order valence-electron chi connectivity index (χ1n) is 20.6. The minimum absolute atomic E-state index is 0.0849. The zero-order chi connectivity index (χ0) is 45.0. The van der Waals surface area contributed by atoms with Crippen molar-refractivity contribution >= 4 is 32.4 Å². The molecular formula is C40H60ClN7O13S. The van der Waals surface area contributed by atoms with Crippen molar-refractivity contribution in [3.63, 3.8) is 0 Å². The molecule has 62 heavy (non-hydrogen) atoms. The minimum Gasteiger partial charge on any atom is -0.394 e. The van der Waals surface area contributed by atoms with Gasteiger partial charge in [-0.05, 0) is 55.0 Å². The van der Waals surface area contributed by atoms with Crippen LogP contribution in [0.4, 0.5) is 0 Å². The molecule has 1 aliphatic carbocycles. The smallest absolute Gasteiger partial charge is 0.264 e. The Kier molecular flexibility index (Phi) is 16.5. The number of fused-ring (bicyclic) bond motifs is 1.